The lowest BCUT2D eigenvalue weighted by molar-refractivity contribution is 0.453. The maximum atomic E-state index is 5.97. The molecule has 0 saturated carbocycles. The van der Waals surface area contributed by atoms with Crippen LogP contribution < -0.4 is 10.1 Å². The molecule has 0 atom stereocenters. The van der Waals surface area contributed by atoms with Crippen molar-refractivity contribution >= 4 is 11.5 Å². The zero-order valence-corrected chi connectivity index (χ0v) is 14.6. The van der Waals surface area contributed by atoms with Crippen LogP contribution in [0.15, 0.2) is 91.4 Å². The highest BCUT2D eigenvalue weighted by molar-refractivity contribution is 5.57. The molecule has 0 saturated heterocycles. The monoisotopic (exact) mass is 354 g/mol. The summed E-state index contributed by atoms with van der Waals surface area (Å²) >= 11 is 0. The summed E-state index contributed by atoms with van der Waals surface area (Å²) in [5, 5.41) is 3.24. The van der Waals surface area contributed by atoms with Gasteiger partial charge in [-0.15, -0.1) is 0 Å². The standard InChI is InChI=1S/C22H18N4O/c1-2-6-17(7-3-1)16-20-22(25-15-14-23-20)27-19-11-9-18(10-12-19)26-21-8-4-5-13-24-21/h1-15H,16H2,(H,24,26). The first-order valence-electron chi connectivity index (χ1n) is 8.66. The van der Waals surface area contributed by atoms with Crippen LogP contribution >= 0.6 is 0 Å². The van der Waals surface area contributed by atoms with Gasteiger partial charge < -0.3 is 10.1 Å². The third-order valence-corrected chi connectivity index (χ3v) is 3.96. The third-order valence-electron chi connectivity index (χ3n) is 3.96. The molecule has 0 amide bonds. The Morgan fingerprint density at radius 2 is 1.48 bits per heavy atom. The second-order valence-electron chi connectivity index (χ2n) is 5.94. The van der Waals surface area contributed by atoms with Gasteiger partial charge in [-0.3, -0.25) is 4.98 Å². The van der Waals surface area contributed by atoms with Gasteiger partial charge in [-0.25, -0.2) is 9.97 Å². The zero-order chi connectivity index (χ0) is 18.3. The van der Waals surface area contributed by atoms with Gasteiger partial charge in [-0.2, -0.15) is 0 Å². The fourth-order valence-electron chi connectivity index (χ4n) is 2.65. The second kappa shape index (κ2) is 8.10. The molecule has 0 bridgehead atoms. The summed E-state index contributed by atoms with van der Waals surface area (Å²) in [4.78, 5) is 13.0. The van der Waals surface area contributed by atoms with Gasteiger partial charge >= 0.3 is 0 Å². The van der Waals surface area contributed by atoms with Crippen molar-refractivity contribution in [2.75, 3.05) is 5.32 Å². The van der Waals surface area contributed by atoms with Gasteiger partial charge in [0.25, 0.3) is 0 Å². The number of nitrogens with zero attached hydrogens (tertiary/aromatic N) is 3. The van der Waals surface area contributed by atoms with Crippen molar-refractivity contribution in [2.24, 2.45) is 0 Å². The molecule has 2 heterocycles. The smallest absolute Gasteiger partial charge is 0.241 e. The maximum absolute atomic E-state index is 5.97. The molecule has 5 heteroatoms. The minimum Gasteiger partial charge on any atom is -0.437 e. The van der Waals surface area contributed by atoms with E-state index in [-0.39, 0.29) is 0 Å². The Morgan fingerprint density at radius 1 is 0.704 bits per heavy atom. The van der Waals surface area contributed by atoms with Gasteiger partial charge in [-0.1, -0.05) is 36.4 Å². The van der Waals surface area contributed by atoms with Crippen molar-refractivity contribution < 1.29 is 4.74 Å². The van der Waals surface area contributed by atoms with E-state index in [9.17, 15) is 0 Å². The summed E-state index contributed by atoms with van der Waals surface area (Å²) in [5.41, 5.74) is 2.90. The van der Waals surface area contributed by atoms with Crippen LogP contribution in [0.25, 0.3) is 0 Å². The fraction of sp³-hybridized carbons (Fsp3) is 0.0455. The lowest BCUT2D eigenvalue weighted by Gasteiger charge is -2.10. The molecule has 27 heavy (non-hydrogen) atoms. The highest BCUT2D eigenvalue weighted by Crippen LogP contribution is 2.25. The lowest BCUT2D eigenvalue weighted by atomic mass is 10.1. The Hall–Kier alpha value is -3.73. The summed E-state index contributed by atoms with van der Waals surface area (Å²) in [6.07, 6.45) is 5.75. The van der Waals surface area contributed by atoms with E-state index in [1.54, 1.807) is 18.6 Å². The van der Waals surface area contributed by atoms with Crippen LogP contribution in [0.3, 0.4) is 0 Å². The van der Waals surface area contributed by atoms with Crippen molar-refractivity contribution in [2.45, 2.75) is 6.42 Å². The van der Waals surface area contributed by atoms with E-state index >= 15 is 0 Å². The van der Waals surface area contributed by atoms with E-state index < -0.39 is 0 Å². The number of hydrogen-bond donors (Lipinski definition) is 1. The normalized spacial score (nSPS) is 10.4. The molecule has 0 spiro atoms. The van der Waals surface area contributed by atoms with Gasteiger partial charge in [0.15, 0.2) is 0 Å². The van der Waals surface area contributed by atoms with Crippen LogP contribution in [0, 0.1) is 0 Å². The third kappa shape index (κ3) is 4.46. The summed E-state index contributed by atoms with van der Waals surface area (Å²) < 4.78 is 5.97. The first-order valence-corrected chi connectivity index (χ1v) is 8.66. The number of rotatable bonds is 6. The van der Waals surface area contributed by atoms with Crippen LogP contribution in [0.4, 0.5) is 11.5 Å². The van der Waals surface area contributed by atoms with E-state index in [1.165, 1.54) is 0 Å². The number of hydrogen-bond acceptors (Lipinski definition) is 5. The number of benzene rings is 2. The van der Waals surface area contributed by atoms with Gasteiger partial charge in [-0.05, 0) is 42.0 Å². The molecule has 0 fully saturated rings. The van der Waals surface area contributed by atoms with Crippen LogP contribution in [0.1, 0.15) is 11.3 Å². The average Bonchev–Trinajstić information content (AvgIpc) is 2.72. The first-order chi connectivity index (χ1) is 13.4. The van der Waals surface area contributed by atoms with Gasteiger partial charge in [0.05, 0.1) is 0 Å². The van der Waals surface area contributed by atoms with E-state index in [0.717, 1.165) is 22.8 Å². The highest BCUT2D eigenvalue weighted by Gasteiger charge is 2.09. The van der Waals surface area contributed by atoms with Gasteiger partial charge in [0.1, 0.15) is 17.3 Å². The predicted molar refractivity (Wildman–Crippen MR) is 105 cm³/mol. The van der Waals surface area contributed by atoms with Crippen LogP contribution in [0.2, 0.25) is 0 Å². The van der Waals surface area contributed by atoms with E-state index in [2.05, 4.69) is 32.4 Å². The molecular weight excluding hydrogens is 336 g/mol. The highest BCUT2D eigenvalue weighted by atomic mass is 16.5. The molecule has 0 aliphatic heterocycles. The summed E-state index contributed by atoms with van der Waals surface area (Å²) in [6.45, 7) is 0. The predicted octanol–water partition coefficient (Wildman–Crippen LogP) is 5.00. The van der Waals surface area contributed by atoms with E-state index in [0.29, 0.717) is 18.1 Å². The Labute approximate surface area is 157 Å². The van der Waals surface area contributed by atoms with Crippen molar-refractivity contribution in [1.82, 2.24) is 15.0 Å². The molecule has 4 rings (SSSR count). The molecule has 0 aliphatic carbocycles. The Bertz CT molecular complexity index is 989. The SMILES string of the molecule is c1ccc(Cc2nccnc2Oc2ccc(Nc3ccccn3)cc2)cc1. The Kier molecular flexibility index (Phi) is 5.02. The zero-order valence-electron chi connectivity index (χ0n) is 14.6. The summed E-state index contributed by atoms with van der Waals surface area (Å²) in [5.74, 6) is 2.02. The molecule has 2 aromatic heterocycles. The van der Waals surface area contributed by atoms with Crippen LogP contribution in [-0.2, 0) is 6.42 Å². The first kappa shape index (κ1) is 16.7. The van der Waals surface area contributed by atoms with Gasteiger partial charge in [0, 0.05) is 30.7 Å². The number of ether oxygens (including phenoxy) is 1. The van der Waals surface area contributed by atoms with Crippen molar-refractivity contribution in [1.29, 1.82) is 0 Å². The van der Waals surface area contributed by atoms with Crippen molar-refractivity contribution in [3.8, 4) is 11.6 Å². The van der Waals surface area contributed by atoms with Gasteiger partial charge in [0.2, 0.25) is 5.88 Å². The topological polar surface area (TPSA) is 59.9 Å². The number of aromatic nitrogens is 3. The number of anilines is 2. The minimum atomic E-state index is 0.520. The van der Waals surface area contributed by atoms with E-state index in [4.69, 9.17) is 4.74 Å². The largest absolute Gasteiger partial charge is 0.437 e. The molecule has 2 aromatic carbocycles. The van der Waals surface area contributed by atoms with E-state index in [1.807, 2.05) is 60.7 Å². The average molecular weight is 354 g/mol. The quantitative estimate of drug-likeness (QED) is 0.528. The molecule has 4 aromatic rings. The Balaban J connectivity index is 1.48. The molecule has 0 radical (unpaired) electrons. The van der Waals surface area contributed by atoms with Crippen LogP contribution in [-0.4, -0.2) is 15.0 Å². The summed E-state index contributed by atoms with van der Waals surface area (Å²) in [7, 11) is 0. The number of pyridine rings is 1. The maximum Gasteiger partial charge on any atom is 0.241 e. The van der Waals surface area contributed by atoms with Crippen molar-refractivity contribution in [3.05, 3.63) is 103 Å². The molecule has 5 nitrogen and oxygen atoms in total. The minimum absolute atomic E-state index is 0.520. The number of nitrogens with one attached hydrogen (secondary N) is 1. The van der Waals surface area contributed by atoms with Crippen molar-refractivity contribution in [3.63, 3.8) is 0 Å². The molecule has 132 valence electrons. The summed E-state index contributed by atoms with van der Waals surface area (Å²) in [6, 6.07) is 23.6. The Morgan fingerprint density at radius 3 is 2.26 bits per heavy atom. The molecule has 0 unspecified atom stereocenters. The molecular formula is C22H18N4O. The lowest BCUT2D eigenvalue weighted by Crippen LogP contribution is -1.99. The fourth-order valence-corrected chi connectivity index (χ4v) is 2.65. The molecule has 1 N–H and O–H groups in total. The second-order valence-corrected chi connectivity index (χ2v) is 5.94. The van der Waals surface area contributed by atoms with Crippen LogP contribution in [0.5, 0.6) is 11.6 Å². The molecule has 0 aliphatic rings.